The van der Waals surface area contributed by atoms with Crippen LogP contribution in [0.15, 0.2) is 0 Å². The molecule has 1 saturated heterocycles. The molecule has 3 rings (SSSR count). The van der Waals surface area contributed by atoms with Crippen LogP contribution in [0.1, 0.15) is 58.8 Å². The number of carbonyl (C=O) groups excluding carboxylic acids is 1. The number of fused-ring (bicyclic) bond motifs is 3. The average molecular weight is 222 g/mol. The fourth-order valence-corrected chi connectivity index (χ4v) is 4.74. The molecule has 0 spiro atoms. The van der Waals surface area contributed by atoms with Gasteiger partial charge in [0.25, 0.3) is 0 Å². The minimum Gasteiger partial charge on any atom is -0.459 e. The van der Waals surface area contributed by atoms with E-state index in [1.54, 1.807) is 0 Å². The molecule has 1 aliphatic heterocycles. The van der Waals surface area contributed by atoms with Crippen LogP contribution in [-0.2, 0) is 9.53 Å². The molecule has 1 unspecified atom stereocenters. The van der Waals surface area contributed by atoms with Crippen LogP contribution < -0.4 is 0 Å². The van der Waals surface area contributed by atoms with Crippen molar-refractivity contribution >= 4 is 5.97 Å². The van der Waals surface area contributed by atoms with Gasteiger partial charge in [0.1, 0.15) is 5.60 Å². The van der Waals surface area contributed by atoms with Crippen LogP contribution in [0.4, 0.5) is 0 Å². The summed E-state index contributed by atoms with van der Waals surface area (Å²) < 4.78 is 5.63. The molecule has 0 aromatic heterocycles. The third kappa shape index (κ3) is 1.28. The fraction of sp³-hybridized carbons (Fsp3) is 0.929. The Balaban J connectivity index is 1.95. The molecule has 2 saturated carbocycles. The minimum atomic E-state index is -0.139. The smallest absolute Gasteiger partial charge is 0.306 e. The van der Waals surface area contributed by atoms with E-state index in [2.05, 4.69) is 13.8 Å². The minimum absolute atomic E-state index is 0.0416. The zero-order valence-corrected chi connectivity index (χ0v) is 10.4. The molecular weight excluding hydrogens is 200 g/mol. The highest BCUT2D eigenvalue weighted by Crippen LogP contribution is 2.60. The van der Waals surface area contributed by atoms with E-state index < -0.39 is 0 Å². The molecule has 3 aliphatic rings. The van der Waals surface area contributed by atoms with Crippen LogP contribution >= 0.6 is 0 Å². The van der Waals surface area contributed by atoms with Gasteiger partial charge < -0.3 is 4.74 Å². The van der Waals surface area contributed by atoms with Gasteiger partial charge in [0.2, 0.25) is 0 Å². The predicted molar refractivity (Wildman–Crippen MR) is 61.9 cm³/mol. The lowest BCUT2D eigenvalue weighted by atomic mass is 9.51. The van der Waals surface area contributed by atoms with Gasteiger partial charge in [-0.25, -0.2) is 0 Å². The molecule has 4 atom stereocenters. The van der Waals surface area contributed by atoms with Gasteiger partial charge in [0.05, 0.1) is 6.42 Å². The van der Waals surface area contributed by atoms with E-state index >= 15 is 0 Å². The molecule has 1 heterocycles. The molecule has 2 heteroatoms. The molecule has 3 fully saturated rings. The fourth-order valence-electron chi connectivity index (χ4n) is 4.74. The van der Waals surface area contributed by atoms with Gasteiger partial charge in [-0.05, 0) is 43.9 Å². The molecule has 0 bridgehead atoms. The van der Waals surface area contributed by atoms with E-state index in [9.17, 15) is 4.79 Å². The second-order valence-corrected chi connectivity index (χ2v) is 6.53. The lowest BCUT2D eigenvalue weighted by Gasteiger charge is -2.54. The first-order valence-corrected chi connectivity index (χ1v) is 6.76. The number of ether oxygens (including phenoxy) is 1. The summed E-state index contributed by atoms with van der Waals surface area (Å²) in [7, 11) is 0. The Morgan fingerprint density at radius 2 is 2.00 bits per heavy atom. The van der Waals surface area contributed by atoms with Gasteiger partial charge in [-0.3, -0.25) is 4.79 Å². The number of hydrogen-bond acceptors (Lipinski definition) is 2. The monoisotopic (exact) mass is 222 g/mol. The van der Waals surface area contributed by atoms with Crippen molar-refractivity contribution in [2.24, 2.45) is 17.3 Å². The van der Waals surface area contributed by atoms with Crippen molar-refractivity contribution in [1.29, 1.82) is 0 Å². The van der Waals surface area contributed by atoms with E-state index in [1.165, 1.54) is 32.1 Å². The van der Waals surface area contributed by atoms with Crippen molar-refractivity contribution in [1.82, 2.24) is 0 Å². The molecule has 16 heavy (non-hydrogen) atoms. The molecule has 0 aromatic rings. The molecule has 90 valence electrons. The molecule has 2 aliphatic carbocycles. The zero-order chi connectivity index (χ0) is 11.4. The van der Waals surface area contributed by atoms with E-state index in [0.717, 1.165) is 12.3 Å². The van der Waals surface area contributed by atoms with Crippen LogP contribution in [0.3, 0.4) is 0 Å². The molecule has 0 N–H and O–H groups in total. The van der Waals surface area contributed by atoms with Gasteiger partial charge in [0.15, 0.2) is 0 Å². The van der Waals surface area contributed by atoms with Crippen LogP contribution in [-0.4, -0.2) is 11.6 Å². The standard InChI is InChI=1S/C14H22O2/c1-13-7-4-3-5-10(13)6-8-14(2)11(13)9-12(15)16-14/h10-11H,3-9H2,1-2H3/t10?,11-,13+,14-/m1/s1. The van der Waals surface area contributed by atoms with Crippen molar-refractivity contribution in [3.05, 3.63) is 0 Å². The van der Waals surface area contributed by atoms with Crippen LogP contribution in [0.25, 0.3) is 0 Å². The van der Waals surface area contributed by atoms with Gasteiger partial charge in [-0.15, -0.1) is 0 Å². The van der Waals surface area contributed by atoms with E-state index in [4.69, 9.17) is 4.74 Å². The first-order chi connectivity index (χ1) is 7.55. The summed E-state index contributed by atoms with van der Waals surface area (Å²) in [4.78, 5) is 11.6. The number of carbonyl (C=O) groups is 1. The Kier molecular flexibility index (Phi) is 2.15. The van der Waals surface area contributed by atoms with Gasteiger partial charge in [-0.1, -0.05) is 19.8 Å². The Morgan fingerprint density at radius 1 is 1.19 bits per heavy atom. The van der Waals surface area contributed by atoms with Crippen molar-refractivity contribution in [3.63, 3.8) is 0 Å². The average Bonchev–Trinajstić information content (AvgIpc) is 2.54. The quantitative estimate of drug-likeness (QED) is 0.588. The topological polar surface area (TPSA) is 26.3 Å². The van der Waals surface area contributed by atoms with E-state index in [0.29, 0.717) is 17.8 Å². The predicted octanol–water partition coefficient (Wildman–Crippen LogP) is 3.30. The number of esters is 1. The highest BCUT2D eigenvalue weighted by Gasteiger charge is 2.59. The summed E-state index contributed by atoms with van der Waals surface area (Å²) >= 11 is 0. The SMILES string of the molecule is C[C@@]12CCC3CCCC[C@]3(C)[C@H]1CC(=O)O2. The summed E-state index contributed by atoms with van der Waals surface area (Å²) in [5, 5.41) is 0. The second kappa shape index (κ2) is 3.24. The van der Waals surface area contributed by atoms with E-state index in [1.807, 2.05) is 0 Å². The molecule has 2 nitrogen and oxygen atoms in total. The number of rotatable bonds is 0. The Morgan fingerprint density at radius 3 is 2.81 bits per heavy atom. The lowest BCUT2D eigenvalue weighted by Crippen LogP contribution is -2.51. The molecule has 0 radical (unpaired) electrons. The van der Waals surface area contributed by atoms with Crippen LogP contribution in [0, 0.1) is 17.3 Å². The molecular formula is C14H22O2. The Labute approximate surface area is 97.7 Å². The lowest BCUT2D eigenvalue weighted by molar-refractivity contribution is -0.156. The van der Waals surface area contributed by atoms with Crippen LogP contribution in [0.2, 0.25) is 0 Å². The maximum atomic E-state index is 11.6. The van der Waals surface area contributed by atoms with Crippen molar-refractivity contribution in [3.8, 4) is 0 Å². The summed E-state index contributed by atoms with van der Waals surface area (Å²) in [6, 6.07) is 0. The van der Waals surface area contributed by atoms with Crippen LogP contribution in [0.5, 0.6) is 0 Å². The zero-order valence-electron chi connectivity index (χ0n) is 10.4. The summed E-state index contributed by atoms with van der Waals surface area (Å²) in [5.74, 6) is 1.36. The highest BCUT2D eigenvalue weighted by molar-refractivity contribution is 5.73. The largest absolute Gasteiger partial charge is 0.459 e. The van der Waals surface area contributed by atoms with Gasteiger partial charge >= 0.3 is 5.97 Å². The first kappa shape index (κ1) is 10.6. The third-order valence-corrected chi connectivity index (χ3v) is 5.69. The molecule has 0 amide bonds. The third-order valence-electron chi connectivity index (χ3n) is 5.69. The highest BCUT2D eigenvalue weighted by atomic mass is 16.6. The Bertz CT molecular complexity index is 325. The van der Waals surface area contributed by atoms with Crippen molar-refractivity contribution in [2.75, 3.05) is 0 Å². The van der Waals surface area contributed by atoms with Crippen molar-refractivity contribution in [2.45, 2.75) is 64.4 Å². The molecule has 0 aromatic carbocycles. The maximum Gasteiger partial charge on any atom is 0.306 e. The number of hydrogen-bond donors (Lipinski definition) is 0. The first-order valence-electron chi connectivity index (χ1n) is 6.76. The summed E-state index contributed by atoms with van der Waals surface area (Å²) in [6.45, 7) is 4.58. The van der Waals surface area contributed by atoms with E-state index in [-0.39, 0.29) is 11.6 Å². The van der Waals surface area contributed by atoms with Gasteiger partial charge in [-0.2, -0.15) is 0 Å². The van der Waals surface area contributed by atoms with Crippen molar-refractivity contribution < 1.29 is 9.53 Å². The normalized spacial score (nSPS) is 51.8. The summed E-state index contributed by atoms with van der Waals surface area (Å²) in [6.07, 6.45) is 8.42. The maximum absolute atomic E-state index is 11.6. The Hall–Kier alpha value is -0.530. The van der Waals surface area contributed by atoms with Gasteiger partial charge in [0, 0.05) is 5.92 Å². The second-order valence-electron chi connectivity index (χ2n) is 6.53. The summed E-state index contributed by atoms with van der Waals surface area (Å²) in [5.41, 5.74) is 0.233.